The zero-order valence-electron chi connectivity index (χ0n) is 7.36. The quantitative estimate of drug-likeness (QED) is 0.612. The summed E-state index contributed by atoms with van der Waals surface area (Å²) in [5.41, 5.74) is 9.54. The molecule has 0 aromatic heterocycles. The summed E-state index contributed by atoms with van der Waals surface area (Å²) < 4.78 is 0. The lowest BCUT2D eigenvalue weighted by atomic mass is 10.1. The van der Waals surface area contributed by atoms with Crippen LogP contribution in [0.2, 0.25) is 0 Å². The van der Waals surface area contributed by atoms with E-state index in [1.807, 2.05) is 0 Å². The highest BCUT2D eigenvalue weighted by molar-refractivity contribution is 7.99. The molecule has 0 saturated heterocycles. The lowest BCUT2D eigenvalue weighted by molar-refractivity contribution is -0.141. The van der Waals surface area contributed by atoms with Crippen molar-refractivity contribution in [1.29, 1.82) is 0 Å². The van der Waals surface area contributed by atoms with Crippen molar-refractivity contribution in [2.75, 3.05) is 18.1 Å². The zero-order valence-corrected chi connectivity index (χ0v) is 9.81. The van der Waals surface area contributed by atoms with Gasteiger partial charge in [-0.1, -0.05) is 0 Å². The van der Waals surface area contributed by atoms with E-state index in [9.17, 15) is 4.79 Å². The summed E-state index contributed by atoms with van der Waals surface area (Å²) >= 11 is 1.46. The monoisotopic (exact) mass is 250 g/mol. The van der Waals surface area contributed by atoms with Crippen molar-refractivity contribution in [3.8, 4) is 0 Å². The van der Waals surface area contributed by atoms with Crippen LogP contribution in [0.3, 0.4) is 0 Å². The molecule has 82 valence electrons. The third-order valence-corrected chi connectivity index (χ3v) is 2.48. The van der Waals surface area contributed by atoms with Gasteiger partial charge < -0.3 is 16.6 Å². The minimum atomic E-state index is -1.13. The molecule has 0 heterocycles. The minimum Gasteiger partial charge on any atom is -0.480 e. The highest BCUT2D eigenvalue weighted by Crippen LogP contribution is 2.09. The topological polar surface area (TPSA) is 89.3 Å². The standard InChI is InChI=1S/C6H14N2O2S.2ClH/c1-6(8,5(9)10)4-11-3-2-7;;/h2-4,7-8H2,1H3,(H,9,10);2*1H/t6-;;/m1../s1. The Kier molecular flexibility index (Phi) is 13.0. The van der Waals surface area contributed by atoms with Crippen molar-refractivity contribution in [1.82, 2.24) is 0 Å². The normalized spacial score (nSPS) is 13.5. The van der Waals surface area contributed by atoms with Crippen LogP contribution in [-0.2, 0) is 4.79 Å². The molecule has 0 bridgehead atoms. The highest BCUT2D eigenvalue weighted by atomic mass is 35.5. The molecule has 0 aliphatic carbocycles. The van der Waals surface area contributed by atoms with Gasteiger partial charge in [-0.3, -0.25) is 4.79 Å². The van der Waals surface area contributed by atoms with Gasteiger partial charge in [-0.05, 0) is 6.92 Å². The van der Waals surface area contributed by atoms with Gasteiger partial charge in [0.05, 0.1) is 0 Å². The summed E-state index contributed by atoms with van der Waals surface area (Å²) in [6.45, 7) is 2.05. The number of nitrogens with two attached hydrogens (primary N) is 2. The van der Waals surface area contributed by atoms with E-state index in [-0.39, 0.29) is 24.8 Å². The average Bonchev–Trinajstić information content (AvgIpc) is 1.88. The fraction of sp³-hybridized carbons (Fsp3) is 0.833. The Labute approximate surface area is 94.6 Å². The van der Waals surface area contributed by atoms with Crippen molar-refractivity contribution in [2.45, 2.75) is 12.5 Å². The third kappa shape index (κ3) is 8.64. The SMILES string of the molecule is C[C@@](N)(CSCCN)C(=O)O.Cl.Cl. The van der Waals surface area contributed by atoms with E-state index in [1.54, 1.807) is 0 Å². The second kappa shape index (κ2) is 8.90. The molecule has 0 unspecified atom stereocenters. The smallest absolute Gasteiger partial charge is 0.324 e. The summed E-state index contributed by atoms with van der Waals surface area (Å²) in [6, 6.07) is 0. The first kappa shape index (κ1) is 19.0. The number of rotatable bonds is 5. The van der Waals surface area contributed by atoms with Crippen molar-refractivity contribution in [3.63, 3.8) is 0 Å². The van der Waals surface area contributed by atoms with Crippen LogP contribution in [0.4, 0.5) is 0 Å². The number of carbonyl (C=O) groups is 1. The Bertz CT molecular complexity index is 147. The molecule has 0 rings (SSSR count). The van der Waals surface area contributed by atoms with Crippen molar-refractivity contribution >= 4 is 42.5 Å². The lowest BCUT2D eigenvalue weighted by Crippen LogP contribution is -2.47. The molecule has 0 aliphatic heterocycles. The largest absolute Gasteiger partial charge is 0.480 e. The van der Waals surface area contributed by atoms with Crippen LogP contribution in [0.25, 0.3) is 0 Å². The summed E-state index contributed by atoms with van der Waals surface area (Å²) in [4.78, 5) is 10.4. The first-order valence-electron chi connectivity index (χ1n) is 3.31. The van der Waals surface area contributed by atoms with E-state index in [1.165, 1.54) is 18.7 Å². The van der Waals surface area contributed by atoms with E-state index >= 15 is 0 Å². The maximum absolute atomic E-state index is 10.4. The van der Waals surface area contributed by atoms with Gasteiger partial charge in [-0.25, -0.2) is 0 Å². The fourth-order valence-electron chi connectivity index (χ4n) is 0.429. The number of hydrogen-bond donors (Lipinski definition) is 3. The fourth-order valence-corrected chi connectivity index (χ4v) is 1.29. The van der Waals surface area contributed by atoms with E-state index < -0.39 is 11.5 Å². The summed E-state index contributed by atoms with van der Waals surface area (Å²) in [7, 11) is 0. The summed E-state index contributed by atoms with van der Waals surface area (Å²) in [5, 5.41) is 8.57. The Morgan fingerprint density at radius 2 is 2.00 bits per heavy atom. The summed E-state index contributed by atoms with van der Waals surface area (Å²) in [5.74, 6) is 0.182. The minimum absolute atomic E-state index is 0. The molecule has 0 aliphatic rings. The first-order valence-corrected chi connectivity index (χ1v) is 4.46. The number of halogens is 2. The molecule has 0 fully saturated rings. The van der Waals surface area contributed by atoms with Gasteiger partial charge in [-0.2, -0.15) is 11.8 Å². The Balaban J connectivity index is -0.000000500. The molecule has 4 nitrogen and oxygen atoms in total. The van der Waals surface area contributed by atoms with Crippen LogP contribution < -0.4 is 11.5 Å². The van der Waals surface area contributed by atoms with Gasteiger partial charge in [0, 0.05) is 18.1 Å². The molecule has 0 aromatic rings. The zero-order chi connectivity index (χ0) is 8.91. The van der Waals surface area contributed by atoms with Crippen LogP contribution in [0, 0.1) is 0 Å². The number of hydrogen-bond acceptors (Lipinski definition) is 4. The van der Waals surface area contributed by atoms with E-state index in [2.05, 4.69) is 0 Å². The molecule has 0 aromatic carbocycles. The summed E-state index contributed by atoms with van der Waals surface area (Å²) in [6.07, 6.45) is 0. The number of aliphatic carboxylic acids is 1. The highest BCUT2D eigenvalue weighted by Gasteiger charge is 2.27. The average molecular weight is 251 g/mol. The molecular formula is C6H16Cl2N2O2S. The maximum atomic E-state index is 10.4. The second-order valence-electron chi connectivity index (χ2n) is 2.56. The van der Waals surface area contributed by atoms with Crippen LogP contribution in [0.15, 0.2) is 0 Å². The van der Waals surface area contributed by atoms with Crippen molar-refractivity contribution in [2.24, 2.45) is 11.5 Å². The molecule has 0 amide bonds. The number of thioether (sulfide) groups is 1. The Morgan fingerprint density at radius 1 is 1.54 bits per heavy atom. The lowest BCUT2D eigenvalue weighted by Gasteiger charge is -2.17. The van der Waals surface area contributed by atoms with Gasteiger partial charge >= 0.3 is 5.97 Å². The third-order valence-electron chi connectivity index (χ3n) is 1.15. The Morgan fingerprint density at radius 3 is 2.31 bits per heavy atom. The van der Waals surface area contributed by atoms with Crippen LogP contribution >= 0.6 is 36.6 Å². The van der Waals surface area contributed by atoms with Crippen molar-refractivity contribution < 1.29 is 9.90 Å². The van der Waals surface area contributed by atoms with Gasteiger partial charge in [0.15, 0.2) is 0 Å². The van der Waals surface area contributed by atoms with Gasteiger partial charge in [0.25, 0.3) is 0 Å². The van der Waals surface area contributed by atoms with E-state index in [4.69, 9.17) is 16.6 Å². The van der Waals surface area contributed by atoms with Gasteiger partial charge in [0.2, 0.25) is 0 Å². The van der Waals surface area contributed by atoms with Gasteiger partial charge in [-0.15, -0.1) is 24.8 Å². The Hall–Kier alpha value is 0.320. The molecule has 1 atom stereocenters. The van der Waals surface area contributed by atoms with E-state index in [0.29, 0.717) is 12.3 Å². The number of carboxylic acid groups (broad SMARTS) is 1. The maximum Gasteiger partial charge on any atom is 0.324 e. The van der Waals surface area contributed by atoms with Gasteiger partial charge in [0.1, 0.15) is 5.54 Å². The predicted molar refractivity (Wildman–Crippen MR) is 61.1 cm³/mol. The van der Waals surface area contributed by atoms with Crippen LogP contribution in [0.5, 0.6) is 0 Å². The number of carboxylic acids is 1. The molecule has 13 heavy (non-hydrogen) atoms. The first-order chi connectivity index (χ1) is 5.00. The molecule has 0 radical (unpaired) electrons. The van der Waals surface area contributed by atoms with E-state index in [0.717, 1.165) is 5.75 Å². The van der Waals surface area contributed by atoms with Crippen LogP contribution in [0.1, 0.15) is 6.92 Å². The molecule has 7 heteroatoms. The van der Waals surface area contributed by atoms with Crippen LogP contribution in [-0.4, -0.2) is 34.7 Å². The van der Waals surface area contributed by atoms with Crippen molar-refractivity contribution in [3.05, 3.63) is 0 Å². The molecule has 0 saturated carbocycles. The second-order valence-corrected chi connectivity index (χ2v) is 3.67. The molecular weight excluding hydrogens is 235 g/mol. The predicted octanol–water partition coefficient (Wildman–Crippen LogP) is 0.324. The molecule has 5 N–H and O–H groups in total. The molecule has 0 spiro atoms.